The molecule has 0 radical (unpaired) electrons. The maximum atomic E-state index is 12.1. The maximum Gasteiger partial charge on any atom is 0.223 e. The van der Waals surface area contributed by atoms with Crippen molar-refractivity contribution in [1.29, 1.82) is 0 Å². The molecule has 0 unspecified atom stereocenters. The Morgan fingerprint density at radius 2 is 2.14 bits per heavy atom. The first-order valence-corrected chi connectivity index (χ1v) is 7.94. The van der Waals surface area contributed by atoms with E-state index in [4.69, 9.17) is 0 Å². The van der Waals surface area contributed by atoms with Gasteiger partial charge in [-0.05, 0) is 44.9 Å². The molecule has 0 spiro atoms. The van der Waals surface area contributed by atoms with Crippen molar-refractivity contribution in [2.45, 2.75) is 32.2 Å². The highest BCUT2D eigenvalue weighted by molar-refractivity contribution is 5.78. The molecular weight excluding hydrogens is 262 g/mol. The summed E-state index contributed by atoms with van der Waals surface area (Å²) >= 11 is 0. The van der Waals surface area contributed by atoms with Crippen LogP contribution in [0.2, 0.25) is 0 Å². The van der Waals surface area contributed by atoms with E-state index in [0.29, 0.717) is 6.04 Å². The monoisotopic (exact) mass is 289 g/mol. The number of hydrogen-bond donors (Lipinski definition) is 2. The van der Waals surface area contributed by atoms with Gasteiger partial charge in [0, 0.05) is 37.8 Å². The third kappa shape index (κ3) is 5.05. The number of nitrogens with one attached hydrogen (secondary N) is 2. The molecule has 1 aromatic rings. The minimum absolute atomic E-state index is 0.188. The average Bonchev–Trinajstić information content (AvgIpc) is 2.52. The van der Waals surface area contributed by atoms with Crippen LogP contribution < -0.4 is 15.5 Å². The number of benzene rings is 1. The van der Waals surface area contributed by atoms with Crippen LogP contribution in [0.25, 0.3) is 0 Å². The van der Waals surface area contributed by atoms with Crippen LogP contribution in [0.1, 0.15) is 26.2 Å². The number of rotatable bonds is 6. The largest absolute Gasteiger partial charge is 0.375 e. The van der Waals surface area contributed by atoms with E-state index in [9.17, 15) is 4.79 Å². The van der Waals surface area contributed by atoms with Crippen LogP contribution in [-0.2, 0) is 4.79 Å². The van der Waals surface area contributed by atoms with E-state index in [0.717, 1.165) is 38.9 Å². The molecule has 4 heteroatoms. The molecule has 0 bridgehead atoms. The Bertz CT molecular complexity index is 435. The highest BCUT2D eigenvalue weighted by Crippen LogP contribution is 2.16. The molecule has 1 aromatic carbocycles. The number of carbonyl (C=O) groups is 1. The lowest BCUT2D eigenvalue weighted by Crippen LogP contribution is -2.42. The summed E-state index contributed by atoms with van der Waals surface area (Å²) in [5, 5.41) is 6.47. The zero-order valence-electron chi connectivity index (χ0n) is 13.1. The van der Waals surface area contributed by atoms with Gasteiger partial charge in [-0.15, -0.1) is 0 Å². The lowest BCUT2D eigenvalue weighted by molar-refractivity contribution is -0.126. The fraction of sp³-hybridized carbons (Fsp3) is 0.588. The van der Waals surface area contributed by atoms with Crippen molar-refractivity contribution in [2.75, 3.05) is 31.6 Å². The Morgan fingerprint density at radius 1 is 1.38 bits per heavy atom. The molecule has 0 saturated carbocycles. The summed E-state index contributed by atoms with van der Waals surface area (Å²) in [6.45, 7) is 4.81. The second-order valence-corrected chi connectivity index (χ2v) is 5.98. The minimum atomic E-state index is 0.188. The van der Waals surface area contributed by atoms with E-state index in [1.807, 2.05) is 18.2 Å². The lowest BCUT2D eigenvalue weighted by atomic mass is 9.92. The molecule has 21 heavy (non-hydrogen) atoms. The van der Waals surface area contributed by atoms with Crippen LogP contribution in [0, 0.1) is 5.92 Å². The van der Waals surface area contributed by atoms with Gasteiger partial charge < -0.3 is 15.5 Å². The Morgan fingerprint density at radius 3 is 2.86 bits per heavy atom. The van der Waals surface area contributed by atoms with Gasteiger partial charge in [-0.2, -0.15) is 0 Å². The van der Waals surface area contributed by atoms with E-state index in [1.54, 1.807) is 0 Å². The first-order chi connectivity index (χ1) is 10.2. The topological polar surface area (TPSA) is 44.4 Å². The SMILES string of the molecule is C[C@H]1C[C@@H](C(=O)NCCCN(C)c2ccccc2)CCN1. The number of nitrogens with zero attached hydrogens (tertiary/aromatic N) is 1. The van der Waals surface area contributed by atoms with Gasteiger partial charge in [-0.1, -0.05) is 18.2 Å². The van der Waals surface area contributed by atoms with E-state index < -0.39 is 0 Å². The van der Waals surface area contributed by atoms with Crippen LogP contribution in [0.15, 0.2) is 30.3 Å². The third-order valence-corrected chi connectivity index (χ3v) is 4.16. The van der Waals surface area contributed by atoms with Crippen LogP contribution in [0.4, 0.5) is 5.69 Å². The first kappa shape index (κ1) is 15.8. The molecule has 0 aromatic heterocycles. The van der Waals surface area contributed by atoms with E-state index in [2.05, 4.69) is 41.6 Å². The summed E-state index contributed by atoms with van der Waals surface area (Å²) in [5.41, 5.74) is 1.22. The highest BCUT2D eigenvalue weighted by Gasteiger charge is 2.24. The smallest absolute Gasteiger partial charge is 0.223 e. The third-order valence-electron chi connectivity index (χ3n) is 4.16. The van der Waals surface area contributed by atoms with Crippen molar-refractivity contribution in [3.05, 3.63) is 30.3 Å². The van der Waals surface area contributed by atoms with E-state index in [-0.39, 0.29) is 11.8 Å². The predicted molar refractivity (Wildman–Crippen MR) is 87.5 cm³/mol. The van der Waals surface area contributed by atoms with Crippen LogP contribution in [0.3, 0.4) is 0 Å². The van der Waals surface area contributed by atoms with Gasteiger partial charge in [0.25, 0.3) is 0 Å². The van der Waals surface area contributed by atoms with Gasteiger partial charge in [0.1, 0.15) is 0 Å². The molecular formula is C17H27N3O. The number of amides is 1. The zero-order valence-corrected chi connectivity index (χ0v) is 13.1. The number of hydrogen-bond acceptors (Lipinski definition) is 3. The van der Waals surface area contributed by atoms with Crippen LogP contribution >= 0.6 is 0 Å². The van der Waals surface area contributed by atoms with Crippen molar-refractivity contribution >= 4 is 11.6 Å². The predicted octanol–water partition coefficient (Wildman–Crippen LogP) is 2.02. The van der Waals surface area contributed by atoms with Gasteiger partial charge in [0.05, 0.1) is 0 Å². The average molecular weight is 289 g/mol. The molecule has 2 rings (SSSR count). The Kier molecular flexibility index (Phi) is 6.05. The molecule has 4 nitrogen and oxygen atoms in total. The Hall–Kier alpha value is -1.55. The zero-order chi connectivity index (χ0) is 15.1. The number of piperidine rings is 1. The van der Waals surface area contributed by atoms with Crippen molar-refractivity contribution in [1.82, 2.24) is 10.6 Å². The van der Waals surface area contributed by atoms with Crippen molar-refractivity contribution < 1.29 is 4.79 Å². The molecule has 2 N–H and O–H groups in total. The van der Waals surface area contributed by atoms with Crippen LogP contribution in [-0.4, -0.2) is 38.6 Å². The van der Waals surface area contributed by atoms with Crippen molar-refractivity contribution in [3.63, 3.8) is 0 Å². The minimum Gasteiger partial charge on any atom is -0.375 e. The summed E-state index contributed by atoms with van der Waals surface area (Å²) < 4.78 is 0. The maximum absolute atomic E-state index is 12.1. The number of carbonyl (C=O) groups excluding carboxylic acids is 1. The fourth-order valence-corrected chi connectivity index (χ4v) is 2.85. The molecule has 1 aliphatic rings. The molecule has 1 saturated heterocycles. The Balaban J connectivity index is 1.64. The quantitative estimate of drug-likeness (QED) is 0.788. The molecule has 1 amide bonds. The molecule has 1 heterocycles. The van der Waals surface area contributed by atoms with Gasteiger partial charge >= 0.3 is 0 Å². The second-order valence-electron chi connectivity index (χ2n) is 5.98. The highest BCUT2D eigenvalue weighted by atomic mass is 16.1. The van der Waals surface area contributed by atoms with Gasteiger partial charge in [-0.25, -0.2) is 0 Å². The molecule has 1 fully saturated rings. The molecule has 0 aliphatic carbocycles. The van der Waals surface area contributed by atoms with E-state index in [1.165, 1.54) is 5.69 Å². The summed E-state index contributed by atoms with van der Waals surface area (Å²) in [5.74, 6) is 0.416. The molecule has 1 aliphatic heterocycles. The molecule has 116 valence electrons. The summed E-state index contributed by atoms with van der Waals surface area (Å²) in [6.07, 6.45) is 2.88. The summed E-state index contributed by atoms with van der Waals surface area (Å²) in [6, 6.07) is 10.8. The first-order valence-electron chi connectivity index (χ1n) is 7.94. The van der Waals surface area contributed by atoms with Gasteiger partial charge in [0.2, 0.25) is 5.91 Å². The van der Waals surface area contributed by atoms with Crippen molar-refractivity contribution in [3.8, 4) is 0 Å². The summed E-state index contributed by atoms with van der Waals surface area (Å²) in [4.78, 5) is 14.3. The van der Waals surface area contributed by atoms with E-state index >= 15 is 0 Å². The lowest BCUT2D eigenvalue weighted by Gasteiger charge is -2.27. The van der Waals surface area contributed by atoms with Crippen molar-refractivity contribution in [2.24, 2.45) is 5.92 Å². The fourth-order valence-electron chi connectivity index (χ4n) is 2.85. The van der Waals surface area contributed by atoms with Crippen LogP contribution in [0.5, 0.6) is 0 Å². The second kappa shape index (κ2) is 8.03. The standard InChI is InChI=1S/C17H27N3O/c1-14-13-15(9-11-18-14)17(21)19-10-6-12-20(2)16-7-4-3-5-8-16/h3-5,7-8,14-15,18H,6,9-13H2,1-2H3,(H,19,21)/t14-,15-/m0/s1. The number of anilines is 1. The van der Waals surface area contributed by atoms with Gasteiger partial charge in [0.15, 0.2) is 0 Å². The number of para-hydroxylation sites is 1. The normalized spacial score (nSPS) is 21.8. The van der Waals surface area contributed by atoms with Gasteiger partial charge in [-0.3, -0.25) is 4.79 Å². The summed E-state index contributed by atoms with van der Waals surface area (Å²) in [7, 11) is 2.09. The Labute approximate surface area is 127 Å². The molecule has 2 atom stereocenters.